The Morgan fingerprint density at radius 3 is 3.11 bits per heavy atom. The number of hydrogen-bond donors (Lipinski definition) is 0. The molecule has 1 aliphatic heterocycles. The second kappa shape index (κ2) is 5.52. The molecule has 0 spiro atoms. The SMILES string of the molecule is CCCc1nc(-c2noc(C3CCCOC3)n2)co1. The van der Waals surface area contributed by atoms with Crippen molar-refractivity contribution in [1.82, 2.24) is 15.1 Å². The standard InChI is InChI=1S/C13H17N3O3/c1-2-4-11-14-10(8-18-11)12-15-13(19-16-12)9-5-3-6-17-7-9/h8-9H,2-7H2,1H3. The summed E-state index contributed by atoms with van der Waals surface area (Å²) >= 11 is 0. The Hall–Kier alpha value is -1.69. The van der Waals surface area contributed by atoms with Gasteiger partial charge in [0.25, 0.3) is 0 Å². The van der Waals surface area contributed by atoms with Gasteiger partial charge in [-0.25, -0.2) is 4.98 Å². The topological polar surface area (TPSA) is 74.2 Å². The molecule has 6 heteroatoms. The molecular formula is C13H17N3O3. The van der Waals surface area contributed by atoms with Crippen LogP contribution in [-0.4, -0.2) is 28.3 Å². The molecule has 1 atom stereocenters. The molecule has 3 rings (SSSR count). The highest BCUT2D eigenvalue weighted by Gasteiger charge is 2.23. The molecule has 6 nitrogen and oxygen atoms in total. The third kappa shape index (κ3) is 2.68. The summed E-state index contributed by atoms with van der Waals surface area (Å²) in [5, 5.41) is 3.97. The van der Waals surface area contributed by atoms with Crippen LogP contribution in [0.2, 0.25) is 0 Å². The number of oxazole rings is 1. The molecule has 2 aromatic rings. The van der Waals surface area contributed by atoms with E-state index in [2.05, 4.69) is 22.0 Å². The summed E-state index contributed by atoms with van der Waals surface area (Å²) in [6, 6.07) is 0. The quantitative estimate of drug-likeness (QED) is 0.844. The van der Waals surface area contributed by atoms with Crippen LogP contribution in [0.1, 0.15) is 43.9 Å². The lowest BCUT2D eigenvalue weighted by Crippen LogP contribution is -2.15. The van der Waals surface area contributed by atoms with Gasteiger partial charge in [-0.1, -0.05) is 12.1 Å². The van der Waals surface area contributed by atoms with E-state index in [4.69, 9.17) is 13.7 Å². The molecule has 3 heterocycles. The van der Waals surface area contributed by atoms with Gasteiger partial charge in [0.1, 0.15) is 12.0 Å². The molecule has 0 aliphatic carbocycles. The van der Waals surface area contributed by atoms with Crippen LogP contribution in [0.4, 0.5) is 0 Å². The molecule has 102 valence electrons. The zero-order chi connectivity index (χ0) is 13.1. The smallest absolute Gasteiger partial charge is 0.232 e. The summed E-state index contributed by atoms with van der Waals surface area (Å²) in [7, 11) is 0. The third-order valence-electron chi connectivity index (χ3n) is 3.20. The first kappa shape index (κ1) is 12.3. The first-order valence-electron chi connectivity index (χ1n) is 6.73. The largest absolute Gasteiger partial charge is 0.448 e. The Balaban J connectivity index is 1.75. The lowest BCUT2D eigenvalue weighted by molar-refractivity contribution is 0.0705. The number of hydrogen-bond acceptors (Lipinski definition) is 6. The Kier molecular flexibility index (Phi) is 3.59. The van der Waals surface area contributed by atoms with Gasteiger partial charge < -0.3 is 13.7 Å². The van der Waals surface area contributed by atoms with Crippen molar-refractivity contribution in [3.8, 4) is 11.5 Å². The van der Waals surface area contributed by atoms with E-state index < -0.39 is 0 Å². The maximum Gasteiger partial charge on any atom is 0.232 e. The van der Waals surface area contributed by atoms with E-state index in [1.54, 1.807) is 6.26 Å². The van der Waals surface area contributed by atoms with Gasteiger partial charge in [0.05, 0.1) is 12.5 Å². The van der Waals surface area contributed by atoms with Crippen LogP contribution >= 0.6 is 0 Å². The second-order valence-corrected chi connectivity index (χ2v) is 4.75. The number of aryl methyl sites for hydroxylation is 1. The summed E-state index contributed by atoms with van der Waals surface area (Å²) in [4.78, 5) is 8.74. The Morgan fingerprint density at radius 2 is 2.32 bits per heavy atom. The molecule has 1 saturated heterocycles. The Labute approximate surface area is 111 Å². The number of rotatable bonds is 4. The van der Waals surface area contributed by atoms with Gasteiger partial charge in [-0.05, 0) is 19.3 Å². The van der Waals surface area contributed by atoms with Crippen LogP contribution in [0.3, 0.4) is 0 Å². The van der Waals surface area contributed by atoms with Crippen molar-refractivity contribution < 1.29 is 13.7 Å². The zero-order valence-electron chi connectivity index (χ0n) is 11.0. The first-order valence-corrected chi connectivity index (χ1v) is 6.73. The van der Waals surface area contributed by atoms with Crippen LogP contribution < -0.4 is 0 Å². The van der Waals surface area contributed by atoms with Crippen molar-refractivity contribution in [2.75, 3.05) is 13.2 Å². The predicted molar refractivity (Wildman–Crippen MR) is 66.6 cm³/mol. The van der Waals surface area contributed by atoms with Gasteiger partial charge >= 0.3 is 0 Å². The minimum Gasteiger partial charge on any atom is -0.448 e. The Bertz CT molecular complexity index is 529. The van der Waals surface area contributed by atoms with Gasteiger partial charge in [0.2, 0.25) is 11.7 Å². The average molecular weight is 263 g/mol. The minimum absolute atomic E-state index is 0.206. The monoisotopic (exact) mass is 263 g/mol. The Morgan fingerprint density at radius 1 is 1.37 bits per heavy atom. The van der Waals surface area contributed by atoms with Crippen LogP contribution in [0.25, 0.3) is 11.5 Å². The summed E-state index contributed by atoms with van der Waals surface area (Å²) in [6.45, 7) is 3.56. The van der Waals surface area contributed by atoms with Gasteiger partial charge in [-0.15, -0.1) is 0 Å². The van der Waals surface area contributed by atoms with Crippen LogP contribution in [0, 0.1) is 0 Å². The fraction of sp³-hybridized carbons (Fsp3) is 0.615. The summed E-state index contributed by atoms with van der Waals surface area (Å²) in [6.07, 6.45) is 5.46. The molecular weight excluding hydrogens is 246 g/mol. The van der Waals surface area contributed by atoms with E-state index in [-0.39, 0.29) is 5.92 Å². The van der Waals surface area contributed by atoms with E-state index >= 15 is 0 Å². The van der Waals surface area contributed by atoms with E-state index in [0.29, 0.717) is 29.9 Å². The molecule has 1 unspecified atom stereocenters. The number of aromatic nitrogens is 3. The molecule has 0 radical (unpaired) electrons. The summed E-state index contributed by atoms with van der Waals surface area (Å²) < 4.78 is 16.1. The molecule has 2 aromatic heterocycles. The summed E-state index contributed by atoms with van der Waals surface area (Å²) in [5.41, 5.74) is 0.634. The molecule has 0 bridgehead atoms. The zero-order valence-corrected chi connectivity index (χ0v) is 11.0. The highest BCUT2D eigenvalue weighted by molar-refractivity contribution is 5.45. The van der Waals surface area contributed by atoms with Gasteiger partial charge in [-0.3, -0.25) is 0 Å². The lowest BCUT2D eigenvalue weighted by atomic mass is 10.0. The fourth-order valence-electron chi connectivity index (χ4n) is 2.18. The molecule has 0 amide bonds. The lowest BCUT2D eigenvalue weighted by Gasteiger charge is -2.17. The van der Waals surface area contributed by atoms with E-state index in [9.17, 15) is 0 Å². The normalized spacial score (nSPS) is 19.7. The molecule has 0 N–H and O–H groups in total. The average Bonchev–Trinajstić information content (AvgIpc) is 3.08. The van der Waals surface area contributed by atoms with Crippen molar-refractivity contribution in [3.05, 3.63) is 18.0 Å². The highest BCUT2D eigenvalue weighted by Crippen LogP contribution is 2.26. The number of ether oxygens (including phenoxy) is 1. The van der Waals surface area contributed by atoms with E-state index in [1.165, 1.54) is 0 Å². The molecule has 0 saturated carbocycles. The maximum atomic E-state index is 5.43. The molecule has 1 aliphatic rings. The van der Waals surface area contributed by atoms with Crippen molar-refractivity contribution in [2.24, 2.45) is 0 Å². The van der Waals surface area contributed by atoms with Crippen LogP contribution in [0.5, 0.6) is 0 Å². The van der Waals surface area contributed by atoms with E-state index in [1.807, 2.05) is 0 Å². The van der Waals surface area contributed by atoms with Crippen molar-refractivity contribution in [1.29, 1.82) is 0 Å². The fourth-order valence-corrected chi connectivity index (χ4v) is 2.18. The minimum atomic E-state index is 0.206. The molecule has 0 aromatic carbocycles. The van der Waals surface area contributed by atoms with Gasteiger partial charge in [-0.2, -0.15) is 4.98 Å². The van der Waals surface area contributed by atoms with Crippen LogP contribution in [0.15, 0.2) is 15.2 Å². The van der Waals surface area contributed by atoms with Crippen LogP contribution in [-0.2, 0) is 11.2 Å². The molecule has 19 heavy (non-hydrogen) atoms. The van der Waals surface area contributed by atoms with Crippen molar-refractivity contribution >= 4 is 0 Å². The highest BCUT2D eigenvalue weighted by atomic mass is 16.5. The maximum absolute atomic E-state index is 5.43. The van der Waals surface area contributed by atoms with Crippen molar-refractivity contribution in [3.63, 3.8) is 0 Å². The van der Waals surface area contributed by atoms with E-state index in [0.717, 1.165) is 32.3 Å². The molecule has 1 fully saturated rings. The first-order chi connectivity index (χ1) is 9.36. The number of nitrogens with zero attached hydrogens (tertiary/aromatic N) is 3. The van der Waals surface area contributed by atoms with Gasteiger partial charge in [0.15, 0.2) is 5.89 Å². The third-order valence-corrected chi connectivity index (χ3v) is 3.20. The van der Waals surface area contributed by atoms with Gasteiger partial charge in [0, 0.05) is 13.0 Å². The second-order valence-electron chi connectivity index (χ2n) is 4.75. The summed E-state index contributed by atoms with van der Waals surface area (Å²) in [5.74, 6) is 2.04. The van der Waals surface area contributed by atoms with Crippen molar-refractivity contribution in [2.45, 2.75) is 38.5 Å². The predicted octanol–water partition coefficient (Wildman–Crippen LogP) is 2.57.